The molecular weight excluding hydrogens is 268 g/mol. The zero-order chi connectivity index (χ0) is 14.9. The average Bonchev–Trinajstić information content (AvgIpc) is 2.80. The SMILES string of the molecule is CC(C(=O)c1ccccc1)C1=C(C(C)(C)C)C=CC1Cl. The molecule has 0 saturated carbocycles. The molecule has 2 rings (SSSR count). The predicted molar refractivity (Wildman–Crippen MR) is 85.2 cm³/mol. The van der Waals surface area contributed by atoms with Crippen LogP contribution in [0.4, 0.5) is 0 Å². The second-order valence-electron chi connectivity index (χ2n) is 6.33. The van der Waals surface area contributed by atoms with Crippen LogP contribution in [0.15, 0.2) is 53.6 Å². The first-order valence-electron chi connectivity index (χ1n) is 6.98. The number of hydrogen-bond donors (Lipinski definition) is 0. The first-order valence-corrected chi connectivity index (χ1v) is 7.42. The molecule has 1 aromatic rings. The van der Waals surface area contributed by atoms with E-state index in [2.05, 4.69) is 26.8 Å². The van der Waals surface area contributed by atoms with E-state index in [-0.39, 0.29) is 22.5 Å². The Morgan fingerprint density at radius 3 is 2.35 bits per heavy atom. The van der Waals surface area contributed by atoms with Gasteiger partial charge in [0.1, 0.15) is 0 Å². The molecule has 0 radical (unpaired) electrons. The molecule has 2 unspecified atom stereocenters. The highest BCUT2D eigenvalue weighted by Crippen LogP contribution is 2.40. The van der Waals surface area contributed by atoms with Crippen LogP contribution in [0.5, 0.6) is 0 Å². The van der Waals surface area contributed by atoms with Gasteiger partial charge in [0, 0.05) is 11.5 Å². The van der Waals surface area contributed by atoms with Crippen LogP contribution in [-0.4, -0.2) is 11.2 Å². The predicted octanol–water partition coefficient (Wildman–Crippen LogP) is 5.03. The lowest BCUT2D eigenvalue weighted by atomic mass is 9.80. The normalized spacial score (nSPS) is 20.4. The molecule has 0 heterocycles. The van der Waals surface area contributed by atoms with E-state index in [9.17, 15) is 4.79 Å². The van der Waals surface area contributed by atoms with Crippen molar-refractivity contribution >= 4 is 17.4 Å². The van der Waals surface area contributed by atoms with Crippen molar-refractivity contribution in [2.75, 3.05) is 0 Å². The maximum Gasteiger partial charge on any atom is 0.169 e. The summed E-state index contributed by atoms with van der Waals surface area (Å²) in [5, 5.41) is -0.174. The molecule has 1 aliphatic rings. The van der Waals surface area contributed by atoms with E-state index >= 15 is 0 Å². The van der Waals surface area contributed by atoms with Gasteiger partial charge in [0.05, 0.1) is 5.38 Å². The Bertz CT molecular complexity index is 561. The highest BCUT2D eigenvalue weighted by molar-refractivity contribution is 6.24. The number of allylic oxidation sites excluding steroid dienone is 4. The molecule has 2 atom stereocenters. The Kier molecular flexibility index (Phi) is 4.19. The van der Waals surface area contributed by atoms with Crippen LogP contribution < -0.4 is 0 Å². The number of rotatable bonds is 3. The smallest absolute Gasteiger partial charge is 0.169 e. The van der Waals surface area contributed by atoms with Crippen molar-refractivity contribution in [3.63, 3.8) is 0 Å². The van der Waals surface area contributed by atoms with Gasteiger partial charge >= 0.3 is 0 Å². The highest BCUT2D eigenvalue weighted by Gasteiger charge is 2.32. The Labute approximate surface area is 126 Å². The third-order valence-corrected chi connectivity index (χ3v) is 4.15. The summed E-state index contributed by atoms with van der Waals surface area (Å²) in [6, 6.07) is 9.43. The second-order valence-corrected chi connectivity index (χ2v) is 6.80. The van der Waals surface area contributed by atoms with Crippen LogP contribution in [0.2, 0.25) is 0 Å². The quantitative estimate of drug-likeness (QED) is 0.563. The number of carbonyl (C=O) groups excluding carboxylic acids is 1. The number of Topliss-reactive ketones (excluding diaryl/α,β-unsaturated/α-hetero) is 1. The molecule has 1 aromatic carbocycles. The van der Waals surface area contributed by atoms with Crippen molar-refractivity contribution in [1.29, 1.82) is 0 Å². The number of ketones is 1. The standard InChI is InChI=1S/C18H21ClO/c1-12(17(20)13-8-6-5-7-9-13)16-14(18(2,3)4)10-11-15(16)19/h5-12,15H,1-4H3. The topological polar surface area (TPSA) is 17.1 Å². The fourth-order valence-corrected chi connectivity index (χ4v) is 3.06. The minimum atomic E-state index is -0.191. The number of hydrogen-bond acceptors (Lipinski definition) is 1. The van der Waals surface area contributed by atoms with Crippen LogP contribution >= 0.6 is 11.6 Å². The molecule has 0 aliphatic heterocycles. The van der Waals surface area contributed by atoms with E-state index in [0.717, 1.165) is 11.1 Å². The van der Waals surface area contributed by atoms with E-state index in [1.54, 1.807) is 0 Å². The van der Waals surface area contributed by atoms with Gasteiger partial charge in [-0.15, -0.1) is 11.6 Å². The minimum Gasteiger partial charge on any atom is -0.294 e. The summed E-state index contributed by atoms with van der Waals surface area (Å²) in [7, 11) is 0. The fourth-order valence-electron chi connectivity index (χ4n) is 2.68. The number of benzene rings is 1. The summed E-state index contributed by atoms with van der Waals surface area (Å²) < 4.78 is 0. The van der Waals surface area contributed by atoms with Gasteiger partial charge in [-0.3, -0.25) is 4.79 Å². The summed E-state index contributed by atoms with van der Waals surface area (Å²) in [4.78, 5) is 12.6. The first kappa shape index (κ1) is 15.1. The van der Waals surface area contributed by atoms with Crippen LogP contribution in [0.1, 0.15) is 38.1 Å². The Hall–Kier alpha value is -1.34. The molecule has 2 heteroatoms. The van der Waals surface area contributed by atoms with Crippen molar-refractivity contribution in [1.82, 2.24) is 0 Å². The van der Waals surface area contributed by atoms with E-state index in [1.165, 1.54) is 5.57 Å². The maximum absolute atomic E-state index is 12.6. The largest absolute Gasteiger partial charge is 0.294 e. The second kappa shape index (κ2) is 5.57. The molecule has 1 nitrogen and oxygen atoms in total. The van der Waals surface area contributed by atoms with Crippen molar-refractivity contribution in [2.24, 2.45) is 11.3 Å². The molecule has 1 aliphatic carbocycles. The summed E-state index contributed by atoms with van der Waals surface area (Å²) in [6.07, 6.45) is 4.05. The van der Waals surface area contributed by atoms with Gasteiger partial charge in [0.2, 0.25) is 0 Å². The molecule has 0 N–H and O–H groups in total. The van der Waals surface area contributed by atoms with Crippen LogP contribution in [0.3, 0.4) is 0 Å². The van der Waals surface area contributed by atoms with E-state index in [1.807, 2.05) is 43.3 Å². The molecule has 0 amide bonds. The summed E-state index contributed by atoms with van der Waals surface area (Å²) in [6.45, 7) is 8.42. The van der Waals surface area contributed by atoms with Crippen LogP contribution in [0.25, 0.3) is 0 Å². The monoisotopic (exact) mass is 288 g/mol. The molecule has 0 saturated heterocycles. The third-order valence-electron chi connectivity index (χ3n) is 3.77. The molecule has 106 valence electrons. The summed E-state index contributed by atoms with van der Waals surface area (Å²) >= 11 is 6.41. The van der Waals surface area contributed by atoms with E-state index < -0.39 is 0 Å². The molecule has 0 spiro atoms. The molecular formula is C18H21ClO. The average molecular weight is 289 g/mol. The first-order chi connectivity index (χ1) is 9.32. The van der Waals surface area contributed by atoms with Gasteiger partial charge < -0.3 is 0 Å². The van der Waals surface area contributed by atoms with Crippen LogP contribution in [-0.2, 0) is 0 Å². The van der Waals surface area contributed by atoms with Crippen LogP contribution in [0, 0.1) is 11.3 Å². The molecule has 20 heavy (non-hydrogen) atoms. The maximum atomic E-state index is 12.6. The lowest BCUT2D eigenvalue weighted by Crippen LogP contribution is -2.21. The Morgan fingerprint density at radius 1 is 1.20 bits per heavy atom. The van der Waals surface area contributed by atoms with Crippen molar-refractivity contribution in [3.05, 3.63) is 59.2 Å². The highest BCUT2D eigenvalue weighted by atomic mass is 35.5. The Balaban J connectivity index is 2.37. The fraction of sp³-hybridized carbons (Fsp3) is 0.389. The number of halogens is 1. The lowest BCUT2D eigenvalue weighted by molar-refractivity contribution is 0.0946. The Morgan fingerprint density at radius 2 is 1.80 bits per heavy atom. The number of carbonyl (C=O) groups is 1. The molecule has 0 bridgehead atoms. The van der Waals surface area contributed by atoms with Gasteiger partial charge in [-0.1, -0.05) is 70.2 Å². The van der Waals surface area contributed by atoms with E-state index in [0.29, 0.717) is 0 Å². The number of alkyl halides is 1. The van der Waals surface area contributed by atoms with Gasteiger partial charge in [0.25, 0.3) is 0 Å². The van der Waals surface area contributed by atoms with Gasteiger partial charge in [-0.25, -0.2) is 0 Å². The zero-order valence-electron chi connectivity index (χ0n) is 12.5. The van der Waals surface area contributed by atoms with Gasteiger partial charge in [0.15, 0.2) is 5.78 Å². The molecule has 0 fully saturated rings. The van der Waals surface area contributed by atoms with Crippen molar-refractivity contribution < 1.29 is 4.79 Å². The minimum absolute atomic E-state index is 0.000696. The lowest BCUT2D eigenvalue weighted by Gasteiger charge is -2.25. The molecule has 0 aromatic heterocycles. The summed E-state index contributed by atoms with van der Waals surface area (Å²) in [5.74, 6) is -0.0548. The van der Waals surface area contributed by atoms with Crippen molar-refractivity contribution in [2.45, 2.75) is 33.1 Å². The van der Waals surface area contributed by atoms with Gasteiger partial charge in [-0.05, 0) is 16.6 Å². The van der Waals surface area contributed by atoms with Crippen molar-refractivity contribution in [3.8, 4) is 0 Å². The van der Waals surface area contributed by atoms with E-state index in [4.69, 9.17) is 11.6 Å². The third kappa shape index (κ3) is 2.88. The summed E-state index contributed by atoms with van der Waals surface area (Å²) in [5.41, 5.74) is 2.99. The zero-order valence-corrected chi connectivity index (χ0v) is 13.2. The van der Waals surface area contributed by atoms with Gasteiger partial charge in [-0.2, -0.15) is 0 Å².